The normalized spacial score (nSPS) is 27.4. The molecule has 42 heavy (non-hydrogen) atoms. The maximum atomic E-state index is 13.8. The number of carbonyl (C=O) groups is 5. The highest BCUT2D eigenvalue weighted by Gasteiger charge is 2.70. The van der Waals surface area contributed by atoms with Crippen LogP contribution in [0.3, 0.4) is 0 Å². The Morgan fingerprint density at radius 2 is 1.76 bits per heavy atom. The summed E-state index contributed by atoms with van der Waals surface area (Å²) in [6, 6.07) is -2.98. The number of likely N-dealkylation sites (tertiary alicyclic amines) is 1. The predicted octanol–water partition coefficient (Wildman–Crippen LogP) is 2.07. The number of alkyl halides is 6. The van der Waals surface area contributed by atoms with Gasteiger partial charge in [-0.2, -0.15) is 13.2 Å². The molecule has 2 heterocycles. The average molecular weight is 615 g/mol. The van der Waals surface area contributed by atoms with Gasteiger partial charge in [-0.05, 0) is 35.5 Å². The first-order chi connectivity index (χ1) is 19.0. The van der Waals surface area contributed by atoms with Gasteiger partial charge in [0.25, 0.3) is 0 Å². The van der Waals surface area contributed by atoms with E-state index in [1.165, 1.54) is 20.8 Å². The third-order valence-electron chi connectivity index (χ3n) is 8.59. The first-order valence-electron chi connectivity index (χ1n) is 13.5. The van der Waals surface area contributed by atoms with Gasteiger partial charge in [0.1, 0.15) is 18.4 Å². The highest BCUT2D eigenvalue weighted by atomic mass is 19.4. The van der Waals surface area contributed by atoms with E-state index in [4.69, 9.17) is 0 Å². The van der Waals surface area contributed by atoms with E-state index < -0.39 is 89.5 Å². The molecule has 238 valence electrons. The van der Waals surface area contributed by atoms with Gasteiger partial charge in [0.2, 0.25) is 17.7 Å². The Morgan fingerprint density at radius 3 is 2.24 bits per heavy atom. The van der Waals surface area contributed by atoms with Crippen LogP contribution < -0.4 is 16.0 Å². The third kappa shape index (κ3) is 7.17. The van der Waals surface area contributed by atoms with E-state index in [2.05, 4.69) is 15.4 Å². The topological polar surface area (TPSA) is 134 Å². The largest absolute Gasteiger partial charge is 0.522 e. The van der Waals surface area contributed by atoms with Gasteiger partial charge in [0, 0.05) is 25.4 Å². The molecule has 0 radical (unpaired) electrons. The lowest BCUT2D eigenvalue weighted by Crippen LogP contribution is -2.62. The molecule has 6 atom stereocenters. The lowest BCUT2D eigenvalue weighted by Gasteiger charge is -2.39. The van der Waals surface area contributed by atoms with Gasteiger partial charge in [0.05, 0.1) is 12.1 Å². The second kappa shape index (κ2) is 11.3. The van der Waals surface area contributed by atoms with Crippen molar-refractivity contribution in [3.63, 3.8) is 0 Å². The summed E-state index contributed by atoms with van der Waals surface area (Å²) in [6.45, 7) is 7.18. The highest BCUT2D eigenvalue weighted by Crippen LogP contribution is 2.65. The number of hydrogen-bond acceptors (Lipinski definition) is 6. The lowest BCUT2D eigenvalue weighted by atomic mass is 9.84. The third-order valence-corrected chi connectivity index (χ3v) is 8.59. The molecule has 16 heteroatoms. The quantitative estimate of drug-likeness (QED) is 0.255. The van der Waals surface area contributed by atoms with Crippen molar-refractivity contribution in [2.24, 2.45) is 28.6 Å². The number of amides is 4. The summed E-state index contributed by atoms with van der Waals surface area (Å²) in [5.74, 6) is -6.15. The minimum Gasteiger partial charge on any atom is -0.356 e. The zero-order chi connectivity index (χ0) is 32.1. The fraction of sp³-hybridized carbons (Fsp3) is 0.808. The minimum atomic E-state index is -5.27. The molecule has 2 saturated heterocycles. The van der Waals surface area contributed by atoms with Crippen LogP contribution in [0.25, 0.3) is 0 Å². The monoisotopic (exact) mass is 614 g/mol. The van der Waals surface area contributed by atoms with Crippen LogP contribution in [0.2, 0.25) is 0 Å². The molecule has 3 aliphatic rings. The van der Waals surface area contributed by atoms with Crippen LogP contribution in [0.5, 0.6) is 0 Å². The van der Waals surface area contributed by atoms with Crippen LogP contribution >= 0.6 is 0 Å². The number of ether oxygens (including phenoxy) is 1. The van der Waals surface area contributed by atoms with E-state index in [1.807, 2.05) is 13.8 Å². The lowest BCUT2D eigenvalue weighted by molar-refractivity contribution is -0.325. The first-order valence-corrected chi connectivity index (χ1v) is 13.5. The second-order valence-electron chi connectivity index (χ2n) is 12.9. The Morgan fingerprint density at radius 1 is 1.14 bits per heavy atom. The maximum absolute atomic E-state index is 13.8. The van der Waals surface area contributed by atoms with Crippen LogP contribution in [0, 0.1) is 28.6 Å². The van der Waals surface area contributed by atoms with E-state index in [0.29, 0.717) is 0 Å². The molecule has 0 aromatic rings. The van der Waals surface area contributed by atoms with Crippen molar-refractivity contribution >= 4 is 29.9 Å². The number of carbonyl (C=O) groups excluding carboxylic acids is 5. The SMILES string of the molecule is CC(C)(C)[C@H](NC(=O)C(F)(F)F)C(=O)N1C[C@H]2[C@@H]([C@H]1C(=O)N[C@@](C=O)(CCOC(F)(F)F)C[C@@H]1CCNC1=O)C2(C)C. The Bertz CT molecular complexity index is 1100. The molecule has 1 aliphatic carbocycles. The molecular formula is C26H36F6N4O6. The Kier molecular flexibility index (Phi) is 9.04. The summed E-state index contributed by atoms with van der Waals surface area (Å²) in [7, 11) is 0. The fourth-order valence-electron chi connectivity index (χ4n) is 6.14. The number of nitrogens with one attached hydrogen (secondary N) is 3. The minimum absolute atomic E-state index is 0.0284. The van der Waals surface area contributed by atoms with E-state index in [1.54, 1.807) is 5.32 Å². The van der Waals surface area contributed by atoms with Crippen molar-refractivity contribution in [2.45, 2.75) is 84.0 Å². The molecule has 4 amide bonds. The van der Waals surface area contributed by atoms with Gasteiger partial charge < -0.3 is 25.6 Å². The number of nitrogens with zero attached hydrogens (tertiary/aromatic N) is 1. The van der Waals surface area contributed by atoms with Gasteiger partial charge in [-0.3, -0.25) is 23.9 Å². The molecule has 0 bridgehead atoms. The van der Waals surface area contributed by atoms with Crippen molar-refractivity contribution in [3.05, 3.63) is 0 Å². The van der Waals surface area contributed by atoms with E-state index in [9.17, 15) is 50.3 Å². The summed E-state index contributed by atoms with van der Waals surface area (Å²) in [4.78, 5) is 65.0. The van der Waals surface area contributed by atoms with Crippen LogP contribution in [0.4, 0.5) is 26.3 Å². The number of rotatable bonds is 10. The number of piperidine rings is 1. The summed E-state index contributed by atoms with van der Waals surface area (Å²) in [5, 5.41) is 6.77. The summed E-state index contributed by atoms with van der Waals surface area (Å²) >= 11 is 0. The highest BCUT2D eigenvalue weighted by molar-refractivity contribution is 5.96. The smallest absolute Gasteiger partial charge is 0.356 e. The Balaban J connectivity index is 1.92. The van der Waals surface area contributed by atoms with Crippen molar-refractivity contribution in [3.8, 4) is 0 Å². The fourth-order valence-corrected chi connectivity index (χ4v) is 6.14. The molecule has 10 nitrogen and oxygen atoms in total. The standard InChI is InChI=1S/C26H36F6N4O6/c1-22(2,3)17(34-21(41)25(27,28)29)20(40)36-11-14-15(23(14,4)5)16(36)19(39)35-24(12-37,7-9-42-26(30,31)32)10-13-6-8-33-18(13)38/h12-17H,6-11H2,1-5H3,(H,33,38)(H,34,41)(H,35,39)/t13-,14-,15-,16-,17+,24-/m0/s1. The van der Waals surface area contributed by atoms with Gasteiger partial charge >= 0.3 is 18.4 Å². The van der Waals surface area contributed by atoms with E-state index in [0.717, 1.165) is 4.90 Å². The molecule has 0 aromatic carbocycles. The summed E-state index contributed by atoms with van der Waals surface area (Å²) in [5.41, 5.74) is -3.66. The van der Waals surface area contributed by atoms with Crippen LogP contribution in [-0.2, 0) is 28.7 Å². The molecule has 3 N–H and O–H groups in total. The molecule has 0 unspecified atom stereocenters. The maximum Gasteiger partial charge on any atom is 0.522 e. The number of hydrogen-bond donors (Lipinski definition) is 3. The van der Waals surface area contributed by atoms with Crippen molar-refractivity contribution in [1.29, 1.82) is 0 Å². The number of aldehydes is 1. The van der Waals surface area contributed by atoms with E-state index in [-0.39, 0.29) is 38.1 Å². The number of halogens is 6. The van der Waals surface area contributed by atoms with Crippen molar-refractivity contribution < 1.29 is 55.1 Å². The molecule has 3 rings (SSSR count). The average Bonchev–Trinajstić information content (AvgIpc) is 3.17. The van der Waals surface area contributed by atoms with Gasteiger partial charge in [-0.25, -0.2) is 0 Å². The van der Waals surface area contributed by atoms with Gasteiger partial charge in [-0.1, -0.05) is 34.6 Å². The first kappa shape index (κ1) is 33.6. The number of fused-ring (bicyclic) bond motifs is 1. The zero-order valence-corrected chi connectivity index (χ0v) is 23.9. The molecule has 2 aliphatic heterocycles. The Labute approximate surface area is 238 Å². The predicted molar refractivity (Wildman–Crippen MR) is 133 cm³/mol. The van der Waals surface area contributed by atoms with Gasteiger partial charge in [-0.15, -0.1) is 13.2 Å². The molecule has 0 aromatic heterocycles. The molecule has 0 spiro atoms. The summed E-state index contributed by atoms with van der Waals surface area (Å²) in [6.07, 6.45) is -10.8. The van der Waals surface area contributed by atoms with Crippen molar-refractivity contribution in [2.75, 3.05) is 19.7 Å². The molecular weight excluding hydrogens is 578 g/mol. The van der Waals surface area contributed by atoms with Crippen LogP contribution in [0.1, 0.15) is 53.9 Å². The summed E-state index contributed by atoms with van der Waals surface area (Å²) < 4.78 is 81.2. The molecule has 1 saturated carbocycles. The molecule has 3 fully saturated rings. The second-order valence-corrected chi connectivity index (χ2v) is 12.9. The zero-order valence-electron chi connectivity index (χ0n) is 23.9. The van der Waals surface area contributed by atoms with Crippen LogP contribution in [-0.4, -0.2) is 84.7 Å². The Hall–Kier alpha value is -2.91. The van der Waals surface area contributed by atoms with Crippen molar-refractivity contribution in [1.82, 2.24) is 20.9 Å². The van der Waals surface area contributed by atoms with Gasteiger partial charge in [0.15, 0.2) is 0 Å². The van der Waals surface area contributed by atoms with Crippen LogP contribution in [0.15, 0.2) is 0 Å². The van der Waals surface area contributed by atoms with E-state index >= 15 is 0 Å².